The summed E-state index contributed by atoms with van der Waals surface area (Å²) in [4.78, 5) is 33.6. The van der Waals surface area contributed by atoms with E-state index in [4.69, 9.17) is 0 Å². The second-order valence-corrected chi connectivity index (χ2v) is 5.60. The molecule has 2 unspecified atom stereocenters. The first-order valence-electron chi connectivity index (χ1n) is 7.65. The Labute approximate surface area is 138 Å². The van der Waals surface area contributed by atoms with Crippen molar-refractivity contribution in [3.63, 3.8) is 0 Å². The van der Waals surface area contributed by atoms with E-state index in [2.05, 4.69) is 16.0 Å². The van der Waals surface area contributed by atoms with Crippen LogP contribution in [0.1, 0.15) is 16.8 Å². The lowest BCUT2D eigenvalue weighted by molar-refractivity contribution is -0.384. The number of nitrogens with one attached hydrogen (secondary N) is 3. The van der Waals surface area contributed by atoms with Gasteiger partial charge in [0.05, 0.1) is 11.0 Å². The van der Waals surface area contributed by atoms with Gasteiger partial charge in [0, 0.05) is 56.2 Å². The molecule has 0 aromatic heterocycles. The molecule has 0 aliphatic carbocycles. The molecule has 2 amide bonds. The summed E-state index contributed by atoms with van der Waals surface area (Å²) in [6.45, 7) is 1.75. The van der Waals surface area contributed by atoms with Crippen molar-refractivity contribution in [2.45, 2.75) is 12.5 Å². The molecule has 0 saturated carbocycles. The molecule has 1 aromatic rings. The summed E-state index contributed by atoms with van der Waals surface area (Å²) in [5.74, 6) is -0.602. The van der Waals surface area contributed by atoms with Crippen LogP contribution >= 0.6 is 0 Å². The Morgan fingerprint density at radius 1 is 1.25 bits per heavy atom. The maximum atomic E-state index is 11.9. The highest BCUT2D eigenvalue weighted by Gasteiger charge is 2.24. The number of nitrogens with zero attached hydrogens (tertiary/aromatic N) is 1. The number of amides is 2. The standard InChI is InChI=1S/C15H20N4O5/c20-13-9-16-7-11(13)8-18-14(21)5-6-17-15(22)10-1-3-12(4-2-10)19(23)24/h1-4,11,13,16,20H,5-9H2,(H,17,22)(H,18,21). The van der Waals surface area contributed by atoms with Gasteiger partial charge >= 0.3 is 0 Å². The van der Waals surface area contributed by atoms with Crippen LogP contribution < -0.4 is 16.0 Å². The quantitative estimate of drug-likeness (QED) is 0.388. The van der Waals surface area contributed by atoms with E-state index >= 15 is 0 Å². The number of hydrogen-bond acceptors (Lipinski definition) is 6. The predicted molar refractivity (Wildman–Crippen MR) is 85.4 cm³/mol. The first-order valence-corrected chi connectivity index (χ1v) is 7.65. The number of β-amino-alcohol motifs (C(OH)–C–C–N with tert-alkyl or cyclic N) is 1. The summed E-state index contributed by atoms with van der Waals surface area (Å²) in [5, 5.41) is 28.5. The van der Waals surface area contributed by atoms with Crippen LogP contribution in [0.4, 0.5) is 5.69 Å². The van der Waals surface area contributed by atoms with Crippen molar-refractivity contribution in [2.24, 2.45) is 5.92 Å². The van der Waals surface area contributed by atoms with Gasteiger partial charge < -0.3 is 21.1 Å². The first-order chi connectivity index (χ1) is 11.5. The molecular formula is C15H20N4O5. The van der Waals surface area contributed by atoms with Crippen LogP contribution in [-0.2, 0) is 4.79 Å². The molecule has 130 valence electrons. The number of aliphatic hydroxyl groups is 1. The van der Waals surface area contributed by atoms with Gasteiger partial charge in [0.2, 0.25) is 5.91 Å². The third-order valence-electron chi connectivity index (χ3n) is 3.84. The lowest BCUT2D eigenvalue weighted by Crippen LogP contribution is -2.36. The number of carbonyl (C=O) groups is 2. The van der Waals surface area contributed by atoms with Crippen molar-refractivity contribution < 1.29 is 19.6 Å². The Morgan fingerprint density at radius 3 is 2.54 bits per heavy atom. The molecule has 1 saturated heterocycles. The lowest BCUT2D eigenvalue weighted by Gasteiger charge is -2.14. The number of rotatable bonds is 7. The number of carbonyl (C=O) groups excluding carboxylic acids is 2. The molecule has 2 atom stereocenters. The van der Waals surface area contributed by atoms with Gasteiger partial charge in [-0.3, -0.25) is 19.7 Å². The normalized spacial score (nSPS) is 19.7. The second kappa shape index (κ2) is 8.37. The molecular weight excluding hydrogens is 316 g/mol. The van der Waals surface area contributed by atoms with Crippen LogP contribution in [0, 0.1) is 16.0 Å². The van der Waals surface area contributed by atoms with E-state index in [9.17, 15) is 24.8 Å². The Kier molecular flexibility index (Phi) is 6.21. The molecule has 0 radical (unpaired) electrons. The monoisotopic (exact) mass is 336 g/mol. The van der Waals surface area contributed by atoms with E-state index in [-0.39, 0.29) is 30.5 Å². The predicted octanol–water partition coefficient (Wildman–Crippen LogP) is -0.589. The highest BCUT2D eigenvalue weighted by molar-refractivity contribution is 5.94. The number of nitro benzene ring substituents is 1. The maximum Gasteiger partial charge on any atom is 0.269 e. The van der Waals surface area contributed by atoms with Gasteiger partial charge in [-0.05, 0) is 12.1 Å². The van der Waals surface area contributed by atoms with Crippen molar-refractivity contribution in [2.75, 3.05) is 26.2 Å². The van der Waals surface area contributed by atoms with Crippen molar-refractivity contribution in [1.82, 2.24) is 16.0 Å². The van der Waals surface area contributed by atoms with Gasteiger partial charge in [0.15, 0.2) is 0 Å². The third-order valence-corrected chi connectivity index (χ3v) is 3.84. The molecule has 2 rings (SSSR count). The average molecular weight is 336 g/mol. The van der Waals surface area contributed by atoms with Gasteiger partial charge in [-0.2, -0.15) is 0 Å². The van der Waals surface area contributed by atoms with Gasteiger partial charge in [0.25, 0.3) is 11.6 Å². The molecule has 4 N–H and O–H groups in total. The summed E-state index contributed by atoms with van der Waals surface area (Å²) in [5.41, 5.74) is 0.204. The molecule has 0 bridgehead atoms. The summed E-state index contributed by atoms with van der Waals surface area (Å²) in [6, 6.07) is 5.23. The number of nitro groups is 1. The molecule has 9 heteroatoms. The van der Waals surface area contributed by atoms with Crippen molar-refractivity contribution >= 4 is 17.5 Å². The molecule has 24 heavy (non-hydrogen) atoms. The SMILES string of the molecule is O=C(CCNC(=O)c1ccc([N+](=O)[O-])cc1)NCC1CNCC1O. The van der Waals surface area contributed by atoms with Crippen molar-refractivity contribution in [3.05, 3.63) is 39.9 Å². The Hall–Kier alpha value is -2.52. The lowest BCUT2D eigenvalue weighted by atomic mass is 10.1. The Bertz CT molecular complexity index is 604. The Morgan fingerprint density at radius 2 is 1.96 bits per heavy atom. The van der Waals surface area contributed by atoms with Crippen LogP contribution in [0.25, 0.3) is 0 Å². The molecule has 1 fully saturated rings. The minimum absolute atomic E-state index is 0.00338. The van der Waals surface area contributed by atoms with E-state index in [1.165, 1.54) is 24.3 Å². The summed E-state index contributed by atoms with van der Waals surface area (Å²) in [7, 11) is 0. The van der Waals surface area contributed by atoms with E-state index in [1.54, 1.807) is 0 Å². The highest BCUT2D eigenvalue weighted by atomic mass is 16.6. The van der Waals surface area contributed by atoms with Crippen LogP contribution in [0.15, 0.2) is 24.3 Å². The van der Waals surface area contributed by atoms with Crippen LogP contribution in [0.5, 0.6) is 0 Å². The molecule has 9 nitrogen and oxygen atoms in total. The van der Waals surface area contributed by atoms with Crippen molar-refractivity contribution in [1.29, 1.82) is 0 Å². The van der Waals surface area contributed by atoms with Crippen LogP contribution in [0.2, 0.25) is 0 Å². The molecule has 1 aromatic carbocycles. The maximum absolute atomic E-state index is 11.9. The number of aliphatic hydroxyl groups excluding tert-OH is 1. The minimum atomic E-state index is -0.539. The fourth-order valence-electron chi connectivity index (χ4n) is 2.39. The van der Waals surface area contributed by atoms with Gasteiger partial charge in [-0.25, -0.2) is 0 Å². The number of benzene rings is 1. The highest BCUT2D eigenvalue weighted by Crippen LogP contribution is 2.11. The fraction of sp³-hybridized carbons (Fsp3) is 0.467. The molecule has 1 aliphatic heterocycles. The number of non-ortho nitro benzene ring substituents is 1. The largest absolute Gasteiger partial charge is 0.391 e. The topological polar surface area (TPSA) is 134 Å². The van der Waals surface area contributed by atoms with Gasteiger partial charge in [0.1, 0.15) is 0 Å². The first kappa shape index (κ1) is 17.8. The van der Waals surface area contributed by atoms with E-state index in [0.29, 0.717) is 25.2 Å². The average Bonchev–Trinajstić information content (AvgIpc) is 2.98. The van der Waals surface area contributed by atoms with E-state index < -0.39 is 16.9 Å². The smallest absolute Gasteiger partial charge is 0.269 e. The van der Waals surface area contributed by atoms with Gasteiger partial charge in [-0.15, -0.1) is 0 Å². The molecule has 0 spiro atoms. The van der Waals surface area contributed by atoms with Crippen LogP contribution in [0.3, 0.4) is 0 Å². The zero-order valence-electron chi connectivity index (χ0n) is 13.0. The molecule has 1 aliphatic rings. The summed E-state index contributed by atoms with van der Waals surface area (Å²) in [6.07, 6.45) is -0.332. The van der Waals surface area contributed by atoms with E-state index in [1.807, 2.05) is 0 Å². The number of hydrogen-bond donors (Lipinski definition) is 4. The van der Waals surface area contributed by atoms with Crippen LogP contribution in [-0.4, -0.2) is 54.1 Å². The zero-order chi connectivity index (χ0) is 17.5. The third kappa shape index (κ3) is 5.00. The summed E-state index contributed by atoms with van der Waals surface area (Å²) < 4.78 is 0. The fourth-order valence-corrected chi connectivity index (χ4v) is 2.39. The second-order valence-electron chi connectivity index (χ2n) is 5.60. The minimum Gasteiger partial charge on any atom is -0.391 e. The molecule has 1 heterocycles. The zero-order valence-corrected chi connectivity index (χ0v) is 13.0. The van der Waals surface area contributed by atoms with Crippen molar-refractivity contribution in [3.8, 4) is 0 Å². The van der Waals surface area contributed by atoms with Gasteiger partial charge in [-0.1, -0.05) is 0 Å². The Balaban J connectivity index is 1.68. The summed E-state index contributed by atoms with van der Waals surface area (Å²) >= 11 is 0. The van der Waals surface area contributed by atoms with E-state index in [0.717, 1.165) is 0 Å².